The summed E-state index contributed by atoms with van der Waals surface area (Å²) in [6.45, 7) is 3.53. The lowest BCUT2D eigenvalue weighted by Gasteiger charge is -2.39. The van der Waals surface area contributed by atoms with Crippen molar-refractivity contribution in [3.8, 4) is 0 Å². The molecule has 0 aromatic carbocycles. The van der Waals surface area contributed by atoms with Gasteiger partial charge >= 0.3 is 5.97 Å². The Morgan fingerprint density at radius 2 is 2.11 bits per heavy atom. The van der Waals surface area contributed by atoms with Crippen LogP contribution in [0.15, 0.2) is 42.7 Å². The van der Waals surface area contributed by atoms with Crippen LogP contribution < -0.4 is 4.90 Å². The Balaban J connectivity index is 1.66. The number of ether oxygens (including phenoxy) is 1. The molecule has 1 aliphatic heterocycles. The van der Waals surface area contributed by atoms with E-state index in [1.165, 1.54) is 0 Å². The van der Waals surface area contributed by atoms with Crippen LogP contribution in [-0.2, 0) is 14.9 Å². The second kappa shape index (κ2) is 7.15. The molecule has 1 fully saturated rings. The van der Waals surface area contributed by atoms with Crippen LogP contribution in [0.4, 0.5) is 5.69 Å². The lowest BCUT2D eigenvalue weighted by Crippen LogP contribution is -2.48. The number of aromatic nitrogens is 4. The van der Waals surface area contributed by atoms with Crippen molar-refractivity contribution in [2.24, 2.45) is 0 Å². The zero-order valence-corrected chi connectivity index (χ0v) is 15.8. The number of rotatable bonds is 4. The fourth-order valence-electron chi connectivity index (χ4n) is 3.66. The van der Waals surface area contributed by atoms with Crippen LogP contribution in [0.25, 0.3) is 5.52 Å². The molecule has 1 aliphatic rings. The van der Waals surface area contributed by atoms with E-state index in [1.807, 2.05) is 37.4 Å². The van der Waals surface area contributed by atoms with Crippen LogP contribution in [-0.4, -0.2) is 45.5 Å². The van der Waals surface area contributed by atoms with Crippen molar-refractivity contribution in [2.75, 3.05) is 24.6 Å². The quantitative estimate of drug-likeness (QED) is 0.643. The van der Waals surface area contributed by atoms with Crippen LogP contribution in [0.2, 0.25) is 5.15 Å². The molecule has 0 amide bonds. The Morgan fingerprint density at radius 3 is 2.81 bits per heavy atom. The predicted molar refractivity (Wildman–Crippen MR) is 102 cm³/mol. The van der Waals surface area contributed by atoms with E-state index in [-0.39, 0.29) is 5.97 Å². The number of halogens is 1. The summed E-state index contributed by atoms with van der Waals surface area (Å²) in [6.07, 6.45) is 4.79. The van der Waals surface area contributed by atoms with E-state index in [0.717, 1.165) is 16.9 Å². The average Bonchev–Trinajstić information content (AvgIpc) is 3.13. The minimum absolute atomic E-state index is 0.209. The first kappa shape index (κ1) is 17.7. The van der Waals surface area contributed by atoms with Gasteiger partial charge in [-0.25, -0.2) is 4.52 Å². The van der Waals surface area contributed by atoms with Gasteiger partial charge in [0.15, 0.2) is 5.15 Å². The number of anilines is 1. The molecular formula is C19H20ClN5O2. The molecule has 7 nitrogen and oxygen atoms in total. The third-order valence-corrected chi connectivity index (χ3v) is 5.30. The van der Waals surface area contributed by atoms with E-state index in [9.17, 15) is 4.79 Å². The zero-order chi connectivity index (χ0) is 18.9. The molecule has 0 bridgehead atoms. The minimum atomic E-state index is -0.747. The number of fused-ring (bicyclic) bond motifs is 1. The normalized spacial score (nSPS) is 16.4. The first-order chi connectivity index (χ1) is 13.1. The Kier molecular flexibility index (Phi) is 4.70. The van der Waals surface area contributed by atoms with Gasteiger partial charge in [0.25, 0.3) is 0 Å². The molecule has 0 unspecified atom stereocenters. The van der Waals surface area contributed by atoms with E-state index in [4.69, 9.17) is 16.3 Å². The number of piperidine rings is 1. The van der Waals surface area contributed by atoms with E-state index in [1.54, 1.807) is 16.8 Å². The van der Waals surface area contributed by atoms with Gasteiger partial charge in [0.2, 0.25) is 0 Å². The summed E-state index contributed by atoms with van der Waals surface area (Å²) in [5.74, 6) is -0.209. The first-order valence-electron chi connectivity index (χ1n) is 8.98. The van der Waals surface area contributed by atoms with Gasteiger partial charge in [-0.05, 0) is 38.0 Å². The number of esters is 1. The van der Waals surface area contributed by atoms with E-state index in [2.05, 4.69) is 20.2 Å². The molecule has 1 saturated heterocycles. The third kappa shape index (κ3) is 3.23. The number of hydrogen-bond acceptors (Lipinski definition) is 6. The van der Waals surface area contributed by atoms with Crippen LogP contribution in [0.3, 0.4) is 0 Å². The van der Waals surface area contributed by atoms with Crippen molar-refractivity contribution >= 4 is 28.8 Å². The molecular weight excluding hydrogens is 366 g/mol. The van der Waals surface area contributed by atoms with Crippen molar-refractivity contribution in [1.29, 1.82) is 0 Å². The second-order valence-corrected chi connectivity index (χ2v) is 7.01. The molecule has 0 radical (unpaired) electrons. The van der Waals surface area contributed by atoms with Crippen LogP contribution >= 0.6 is 11.6 Å². The Hall–Kier alpha value is -2.67. The molecule has 27 heavy (non-hydrogen) atoms. The van der Waals surface area contributed by atoms with Crippen molar-refractivity contribution in [3.05, 3.63) is 53.6 Å². The maximum atomic E-state index is 13.0. The number of carbonyl (C=O) groups excluding carboxylic acids is 1. The lowest BCUT2D eigenvalue weighted by molar-refractivity contribution is -0.151. The van der Waals surface area contributed by atoms with Crippen molar-refractivity contribution < 1.29 is 9.53 Å². The first-order valence-corrected chi connectivity index (χ1v) is 9.35. The summed E-state index contributed by atoms with van der Waals surface area (Å²) in [5, 5.41) is 12.7. The molecule has 4 rings (SSSR count). The zero-order valence-electron chi connectivity index (χ0n) is 15.0. The summed E-state index contributed by atoms with van der Waals surface area (Å²) >= 11 is 5.97. The van der Waals surface area contributed by atoms with E-state index >= 15 is 0 Å². The van der Waals surface area contributed by atoms with E-state index < -0.39 is 5.41 Å². The molecule has 4 heterocycles. The maximum Gasteiger partial charge on any atom is 0.318 e. The highest BCUT2D eigenvalue weighted by Gasteiger charge is 2.46. The van der Waals surface area contributed by atoms with Gasteiger partial charge in [-0.1, -0.05) is 17.7 Å². The van der Waals surface area contributed by atoms with Crippen LogP contribution in [0.1, 0.15) is 25.5 Å². The summed E-state index contributed by atoms with van der Waals surface area (Å²) in [7, 11) is 0. The maximum absolute atomic E-state index is 13.0. The summed E-state index contributed by atoms with van der Waals surface area (Å²) in [5.41, 5.74) is 1.88. The molecule has 0 saturated carbocycles. The second-order valence-electron chi connectivity index (χ2n) is 6.63. The van der Waals surface area contributed by atoms with Crippen LogP contribution in [0, 0.1) is 0 Å². The van der Waals surface area contributed by atoms with Gasteiger partial charge < -0.3 is 9.64 Å². The van der Waals surface area contributed by atoms with Gasteiger partial charge in [-0.15, -0.1) is 5.10 Å². The summed E-state index contributed by atoms with van der Waals surface area (Å²) < 4.78 is 7.25. The topological polar surface area (TPSA) is 72.6 Å². The molecule has 3 aromatic rings. The minimum Gasteiger partial charge on any atom is -0.465 e. The lowest BCUT2D eigenvalue weighted by atomic mass is 9.75. The van der Waals surface area contributed by atoms with Crippen molar-refractivity contribution in [3.63, 3.8) is 0 Å². The summed E-state index contributed by atoms with van der Waals surface area (Å²) in [4.78, 5) is 15.1. The fraction of sp³-hybridized carbons (Fsp3) is 0.368. The Morgan fingerprint density at radius 1 is 1.30 bits per heavy atom. The van der Waals surface area contributed by atoms with Gasteiger partial charge in [0.1, 0.15) is 5.41 Å². The molecule has 8 heteroatoms. The highest BCUT2D eigenvalue weighted by Crippen LogP contribution is 2.38. The SMILES string of the molecule is CCOC(=O)C1(c2cc3ccccn3n2)CCN(c2cnnc(Cl)c2)CC1. The summed E-state index contributed by atoms with van der Waals surface area (Å²) in [6, 6.07) is 9.63. The van der Waals surface area contributed by atoms with Gasteiger partial charge in [0, 0.05) is 25.4 Å². The Bertz CT molecular complexity index is 932. The molecule has 0 aliphatic carbocycles. The van der Waals surface area contributed by atoms with Crippen molar-refractivity contribution in [2.45, 2.75) is 25.2 Å². The Labute approximate surface area is 161 Å². The highest BCUT2D eigenvalue weighted by molar-refractivity contribution is 6.29. The molecule has 0 atom stereocenters. The molecule has 0 spiro atoms. The van der Waals surface area contributed by atoms with Gasteiger partial charge in [0.05, 0.1) is 29.7 Å². The van der Waals surface area contributed by atoms with Gasteiger partial charge in [-0.2, -0.15) is 10.2 Å². The standard InChI is InChI=1S/C19H20ClN5O2/c1-2-27-18(26)19(16-11-14-5-3-4-8-25(14)23-16)6-9-24(10-7-19)15-12-17(20)22-21-13-15/h3-5,8,11-13H,2,6-7,9-10H2,1H3. The number of hydrogen-bond donors (Lipinski definition) is 0. The number of carbonyl (C=O) groups is 1. The average molecular weight is 386 g/mol. The molecule has 3 aromatic heterocycles. The predicted octanol–water partition coefficient (Wildman–Crippen LogP) is 2.88. The monoisotopic (exact) mass is 385 g/mol. The fourth-order valence-corrected chi connectivity index (χ4v) is 3.81. The largest absolute Gasteiger partial charge is 0.465 e. The van der Waals surface area contributed by atoms with Gasteiger partial charge in [-0.3, -0.25) is 4.79 Å². The third-order valence-electron chi connectivity index (χ3n) is 5.12. The molecule has 0 N–H and O–H groups in total. The molecule has 140 valence electrons. The number of pyridine rings is 1. The van der Waals surface area contributed by atoms with Crippen LogP contribution in [0.5, 0.6) is 0 Å². The van der Waals surface area contributed by atoms with E-state index in [0.29, 0.717) is 37.7 Å². The number of nitrogens with zero attached hydrogens (tertiary/aromatic N) is 5. The smallest absolute Gasteiger partial charge is 0.318 e. The highest BCUT2D eigenvalue weighted by atomic mass is 35.5. The van der Waals surface area contributed by atoms with Crippen molar-refractivity contribution in [1.82, 2.24) is 19.8 Å².